The van der Waals surface area contributed by atoms with E-state index in [0.29, 0.717) is 5.95 Å². The lowest BCUT2D eigenvalue weighted by atomic mass is 9.98. The van der Waals surface area contributed by atoms with Gasteiger partial charge < -0.3 is 0 Å². The molecule has 0 radical (unpaired) electrons. The molecule has 0 saturated carbocycles. The minimum Gasteiger partial charge on any atom is -0.223 e. The number of hydrogen-bond donors (Lipinski definition) is 0. The summed E-state index contributed by atoms with van der Waals surface area (Å²) >= 11 is 7.25. The fourth-order valence-corrected chi connectivity index (χ4v) is 5.43. The van der Waals surface area contributed by atoms with Gasteiger partial charge in [0.05, 0.1) is 23.0 Å². The molecule has 5 aromatic rings. The lowest BCUT2D eigenvalue weighted by molar-refractivity contribution is 0.688. The fourth-order valence-electron chi connectivity index (χ4n) is 4.61. The van der Waals surface area contributed by atoms with Gasteiger partial charge in [-0.2, -0.15) is 5.10 Å². The molecule has 1 aromatic heterocycles. The lowest BCUT2D eigenvalue weighted by Gasteiger charge is -2.23. The molecular formula is C30H22Br2N4. The van der Waals surface area contributed by atoms with Gasteiger partial charge in [0.15, 0.2) is 0 Å². The van der Waals surface area contributed by atoms with Gasteiger partial charge in [-0.05, 0) is 48.4 Å². The van der Waals surface area contributed by atoms with E-state index >= 15 is 0 Å². The highest BCUT2D eigenvalue weighted by molar-refractivity contribution is 9.10. The summed E-state index contributed by atoms with van der Waals surface area (Å²) in [5.41, 5.74) is 7.35. The molecule has 6 rings (SSSR count). The highest BCUT2D eigenvalue weighted by atomic mass is 79.9. The van der Waals surface area contributed by atoms with Crippen LogP contribution in [0.15, 0.2) is 111 Å². The average Bonchev–Trinajstić information content (AvgIpc) is 3.34. The summed E-state index contributed by atoms with van der Waals surface area (Å²) in [6, 6.07) is 33.3. The summed E-state index contributed by atoms with van der Waals surface area (Å²) in [5, 5.41) is 8.12. The molecule has 176 valence electrons. The number of rotatable bonds is 4. The van der Waals surface area contributed by atoms with Gasteiger partial charge in [0.25, 0.3) is 0 Å². The van der Waals surface area contributed by atoms with E-state index in [2.05, 4.69) is 99.4 Å². The van der Waals surface area contributed by atoms with E-state index in [4.69, 9.17) is 15.1 Å². The van der Waals surface area contributed by atoms with Crippen molar-refractivity contribution in [1.82, 2.24) is 9.97 Å². The Morgan fingerprint density at radius 2 is 1.50 bits per heavy atom. The molecule has 0 spiro atoms. The van der Waals surface area contributed by atoms with E-state index in [1.165, 1.54) is 5.56 Å². The Labute approximate surface area is 227 Å². The van der Waals surface area contributed by atoms with Crippen molar-refractivity contribution in [2.75, 3.05) is 5.01 Å². The van der Waals surface area contributed by atoms with Gasteiger partial charge in [-0.3, -0.25) is 0 Å². The second-order valence-corrected chi connectivity index (χ2v) is 10.8. The van der Waals surface area contributed by atoms with Crippen molar-refractivity contribution >= 4 is 54.4 Å². The van der Waals surface area contributed by atoms with Gasteiger partial charge in [-0.15, -0.1) is 0 Å². The van der Waals surface area contributed by atoms with Crippen molar-refractivity contribution < 1.29 is 0 Å². The highest BCUT2D eigenvalue weighted by Gasteiger charge is 2.32. The number of hydrogen-bond acceptors (Lipinski definition) is 4. The first-order valence-corrected chi connectivity index (χ1v) is 13.4. The number of hydrazone groups is 1. The van der Waals surface area contributed by atoms with Crippen molar-refractivity contribution in [3.63, 3.8) is 0 Å². The fraction of sp³-hybridized carbons (Fsp3) is 0.100. The monoisotopic (exact) mass is 596 g/mol. The SMILES string of the molecule is Cc1ccc(-c2nc(N3N=C(c4cccc(Br)c4)CC3c3cccc(Br)c3)nc3ccccc23)cc1. The van der Waals surface area contributed by atoms with Crippen LogP contribution in [0.2, 0.25) is 0 Å². The van der Waals surface area contributed by atoms with Crippen molar-refractivity contribution in [2.45, 2.75) is 19.4 Å². The Kier molecular flexibility index (Phi) is 6.15. The summed E-state index contributed by atoms with van der Waals surface area (Å²) in [5.74, 6) is 0.597. The second-order valence-electron chi connectivity index (χ2n) is 8.93. The van der Waals surface area contributed by atoms with Crippen LogP contribution in [0.5, 0.6) is 0 Å². The minimum atomic E-state index is -0.0245. The normalized spacial score (nSPS) is 15.4. The maximum atomic E-state index is 5.11. The van der Waals surface area contributed by atoms with Gasteiger partial charge in [0, 0.05) is 26.3 Å². The van der Waals surface area contributed by atoms with Gasteiger partial charge in [0.1, 0.15) is 0 Å². The zero-order chi connectivity index (χ0) is 24.6. The number of fused-ring (bicyclic) bond motifs is 1. The molecule has 1 aliphatic rings. The van der Waals surface area contributed by atoms with Crippen LogP contribution in [0.25, 0.3) is 22.2 Å². The van der Waals surface area contributed by atoms with Gasteiger partial charge >= 0.3 is 0 Å². The Morgan fingerprint density at radius 3 is 2.28 bits per heavy atom. The molecule has 0 N–H and O–H groups in total. The second kappa shape index (κ2) is 9.60. The topological polar surface area (TPSA) is 41.4 Å². The number of benzene rings is 4. The first-order valence-electron chi connectivity index (χ1n) is 11.8. The molecule has 0 fully saturated rings. The van der Waals surface area contributed by atoms with Crippen molar-refractivity contribution in [3.05, 3.63) is 123 Å². The van der Waals surface area contributed by atoms with Crippen LogP contribution in [-0.4, -0.2) is 15.7 Å². The summed E-state index contributed by atoms with van der Waals surface area (Å²) < 4.78 is 2.07. The van der Waals surface area contributed by atoms with Crippen LogP contribution in [-0.2, 0) is 0 Å². The number of nitrogens with zero attached hydrogens (tertiary/aromatic N) is 4. The summed E-state index contributed by atoms with van der Waals surface area (Å²) in [6.07, 6.45) is 0.753. The summed E-state index contributed by atoms with van der Waals surface area (Å²) in [6.45, 7) is 2.10. The van der Waals surface area contributed by atoms with Gasteiger partial charge in [0.2, 0.25) is 5.95 Å². The van der Waals surface area contributed by atoms with Crippen LogP contribution < -0.4 is 5.01 Å². The molecule has 1 aliphatic heterocycles. The first-order chi connectivity index (χ1) is 17.5. The molecular weight excluding hydrogens is 576 g/mol. The van der Waals surface area contributed by atoms with Crippen LogP contribution in [0.3, 0.4) is 0 Å². The van der Waals surface area contributed by atoms with E-state index in [9.17, 15) is 0 Å². The van der Waals surface area contributed by atoms with Gasteiger partial charge in [-0.25, -0.2) is 15.0 Å². The van der Waals surface area contributed by atoms with Crippen LogP contribution >= 0.6 is 31.9 Å². The Bertz CT molecular complexity index is 1610. The highest BCUT2D eigenvalue weighted by Crippen LogP contribution is 2.38. The zero-order valence-electron chi connectivity index (χ0n) is 19.6. The van der Waals surface area contributed by atoms with E-state index < -0.39 is 0 Å². The maximum absolute atomic E-state index is 5.11. The number of anilines is 1. The van der Waals surface area contributed by atoms with Crippen molar-refractivity contribution in [1.29, 1.82) is 0 Å². The summed E-state index contributed by atoms with van der Waals surface area (Å²) in [4.78, 5) is 10.1. The third-order valence-corrected chi connectivity index (χ3v) is 7.41. The molecule has 36 heavy (non-hydrogen) atoms. The number of aryl methyl sites for hydroxylation is 1. The van der Waals surface area contributed by atoms with Crippen LogP contribution in [0.4, 0.5) is 5.95 Å². The van der Waals surface area contributed by atoms with Crippen molar-refractivity contribution in [2.24, 2.45) is 5.10 Å². The predicted molar refractivity (Wildman–Crippen MR) is 154 cm³/mol. The largest absolute Gasteiger partial charge is 0.247 e. The zero-order valence-corrected chi connectivity index (χ0v) is 22.7. The van der Waals surface area contributed by atoms with E-state index in [1.807, 2.05) is 41.4 Å². The molecule has 4 nitrogen and oxygen atoms in total. The van der Waals surface area contributed by atoms with E-state index in [0.717, 1.165) is 54.4 Å². The molecule has 1 atom stereocenters. The Morgan fingerprint density at radius 1 is 0.750 bits per heavy atom. The van der Waals surface area contributed by atoms with Crippen LogP contribution in [0, 0.1) is 6.92 Å². The third kappa shape index (κ3) is 4.47. The molecule has 0 bridgehead atoms. The number of aromatic nitrogens is 2. The average molecular weight is 598 g/mol. The first kappa shape index (κ1) is 23.1. The van der Waals surface area contributed by atoms with E-state index in [1.54, 1.807) is 0 Å². The molecule has 2 heterocycles. The molecule has 0 amide bonds. The predicted octanol–water partition coefficient (Wildman–Crippen LogP) is 8.49. The van der Waals surface area contributed by atoms with Crippen LogP contribution in [0.1, 0.15) is 29.2 Å². The standard InChI is InChI=1S/C30H22Br2N4/c1-19-12-14-20(15-13-19)29-25-10-2-3-11-26(25)33-30(34-29)36-28(22-7-5-9-24(32)17-22)18-27(35-36)21-6-4-8-23(31)16-21/h2-17,28H,18H2,1H3. The molecule has 6 heteroatoms. The van der Waals surface area contributed by atoms with Gasteiger partial charge in [-0.1, -0.05) is 104 Å². The Balaban J connectivity index is 1.53. The third-order valence-electron chi connectivity index (χ3n) is 6.42. The van der Waals surface area contributed by atoms with E-state index in [-0.39, 0.29) is 6.04 Å². The molecule has 0 aliphatic carbocycles. The maximum Gasteiger partial charge on any atom is 0.247 e. The van der Waals surface area contributed by atoms with Crippen molar-refractivity contribution in [3.8, 4) is 11.3 Å². The molecule has 4 aromatic carbocycles. The number of para-hydroxylation sites is 1. The molecule has 0 saturated heterocycles. The smallest absolute Gasteiger partial charge is 0.223 e. The number of halogens is 2. The molecule has 1 unspecified atom stereocenters. The summed E-state index contributed by atoms with van der Waals surface area (Å²) in [7, 11) is 0. The minimum absolute atomic E-state index is 0.0245. The Hall–Kier alpha value is -3.35. The quantitative estimate of drug-likeness (QED) is 0.208. The lowest BCUT2D eigenvalue weighted by Crippen LogP contribution is -2.21.